The van der Waals surface area contributed by atoms with Gasteiger partial charge < -0.3 is 9.84 Å². The van der Waals surface area contributed by atoms with Crippen LogP contribution < -0.4 is 15.0 Å². The average Bonchev–Trinajstić information content (AvgIpc) is 2.74. The largest absolute Gasteiger partial charge is 0.507 e. The molecule has 154 valence electrons. The van der Waals surface area contributed by atoms with Crippen LogP contribution >= 0.6 is 12.2 Å². The van der Waals surface area contributed by atoms with Crippen molar-refractivity contribution >= 4 is 40.9 Å². The highest BCUT2D eigenvalue weighted by Gasteiger charge is 2.34. The Morgan fingerprint density at radius 1 is 0.968 bits per heavy atom. The fraction of sp³-hybridized carbons (Fsp3) is 0.0417. The van der Waals surface area contributed by atoms with E-state index in [-0.39, 0.29) is 16.4 Å². The van der Waals surface area contributed by atoms with Gasteiger partial charge >= 0.3 is 0 Å². The van der Waals surface area contributed by atoms with Crippen LogP contribution in [0.25, 0.3) is 6.08 Å². The normalized spacial score (nSPS) is 15.2. The number of aromatic hydroxyl groups is 1. The fourth-order valence-corrected chi connectivity index (χ4v) is 3.39. The number of phenols is 1. The van der Waals surface area contributed by atoms with E-state index in [1.165, 1.54) is 11.0 Å². The van der Waals surface area contributed by atoms with E-state index in [2.05, 4.69) is 5.32 Å². The van der Waals surface area contributed by atoms with Gasteiger partial charge in [0.2, 0.25) is 0 Å². The molecule has 4 rings (SSSR count). The van der Waals surface area contributed by atoms with E-state index in [1.54, 1.807) is 42.5 Å². The summed E-state index contributed by atoms with van der Waals surface area (Å²) in [6.45, 7) is 1.83. The van der Waals surface area contributed by atoms with Gasteiger partial charge in [0, 0.05) is 5.56 Å². The highest BCUT2D eigenvalue weighted by molar-refractivity contribution is 7.80. The number of carbonyl (C=O) groups is 2. The zero-order valence-electron chi connectivity index (χ0n) is 16.5. The number of ether oxygens (including phenoxy) is 1. The minimum absolute atomic E-state index is 0.0167. The second-order valence-electron chi connectivity index (χ2n) is 6.93. The van der Waals surface area contributed by atoms with E-state index in [9.17, 15) is 14.7 Å². The molecule has 1 aliphatic heterocycles. The lowest BCUT2D eigenvalue weighted by molar-refractivity contribution is -0.122. The van der Waals surface area contributed by atoms with E-state index in [4.69, 9.17) is 17.0 Å². The number of phenolic OH excluding ortho intramolecular Hbond substituents is 1. The molecule has 0 bridgehead atoms. The van der Waals surface area contributed by atoms with Crippen LogP contribution in [0.3, 0.4) is 0 Å². The number of aryl methyl sites for hydroxylation is 1. The molecule has 7 heteroatoms. The summed E-state index contributed by atoms with van der Waals surface area (Å²) < 4.78 is 5.77. The van der Waals surface area contributed by atoms with Crippen LogP contribution in [0.2, 0.25) is 0 Å². The SMILES string of the molecule is Cc1ccc(C=C2C(=O)NC(=S)N(c3ccc(Oc4ccccc4)cc3)C2=O)c(O)c1. The molecular formula is C24H18N2O4S. The third kappa shape index (κ3) is 4.31. The van der Waals surface area contributed by atoms with Gasteiger partial charge in [-0.3, -0.25) is 19.8 Å². The molecule has 0 atom stereocenters. The molecule has 1 fully saturated rings. The van der Waals surface area contributed by atoms with E-state index in [0.29, 0.717) is 22.7 Å². The first kappa shape index (κ1) is 20.3. The Kier molecular flexibility index (Phi) is 5.51. The molecule has 0 aliphatic carbocycles. The summed E-state index contributed by atoms with van der Waals surface area (Å²) in [5, 5.41) is 12.7. The van der Waals surface area contributed by atoms with Gasteiger partial charge in [0.1, 0.15) is 22.8 Å². The van der Waals surface area contributed by atoms with Gasteiger partial charge in [0.15, 0.2) is 5.11 Å². The molecular weight excluding hydrogens is 412 g/mol. The maximum absolute atomic E-state index is 13.1. The summed E-state index contributed by atoms with van der Waals surface area (Å²) in [5.41, 5.74) is 1.58. The molecule has 1 saturated heterocycles. The predicted octanol–water partition coefficient (Wildman–Crippen LogP) is 4.32. The predicted molar refractivity (Wildman–Crippen MR) is 122 cm³/mol. The second-order valence-corrected chi connectivity index (χ2v) is 7.32. The Hall–Kier alpha value is -3.97. The Morgan fingerprint density at radius 3 is 2.32 bits per heavy atom. The molecule has 0 saturated carbocycles. The zero-order valence-corrected chi connectivity index (χ0v) is 17.3. The quantitative estimate of drug-likeness (QED) is 0.366. The monoisotopic (exact) mass is 430 g/mol. The first-order valence-corrected chi connectivity index (χ1v) is 9.87. The van der Waals surface area contributed by atoms with Gasteiger partial charge in [-0.15, -0.1) is 0 Å². The van der Waals surface area contributed by atoms with Gasteiger partial charge in [-0.2, -0.15) is 0 Å². The smallest absolute Gasteiger partial charge is 0.270 e. The minimum atomic E-state index is -0.616. The van der Waals surface area contributed by atoms with Gasteiger partial charge in [0.05, 0.1) is 5.69 Å². The lowest BCUT2D eigenvalue weighted by Crippen LogP contribution is -2.54. The van der Waals surface area contributed by atoms with Gasteiger partial charge in [-0.1, -0.05) is 30.3 Å². The van der Waals surface area contributed by atoms with E-state index in [0.717, 1.165) is 5.56 Å². The minimum Gasteiger partial charge on any atom is -0.507 e. The number of carbonyl (C=O) groups excluding carboxylic acids is 2. The molecule has 2 amide bonds. The fourth-order valence-electron chi connectivity index (χ4n) is 3.11. The summed E-state index contributed by atoms with van der Waals surface area (Å²) >= 11 is 5.23. The number of benzene rings is 3. The van der Waals surface area contributed by atoms with Crippen molar-refractivity contribution in [2.45, 2.75) is 6.92 Å². The van der Waals surface area contributed by atoms with Crippen molar-refractivity contribution in [2.24, 2.45) is 0 Å². The third-order valence-corrected chi connectivity index (χ3v) is 4.95. The van der Waals surface area contributed by atoms with Crippen molar-refractivity contribution in [3.63, 3.8) is 0 Å². The van der Waals surface area contributed by atoms with Gasteiger partial charge in [-0.05, 0) is 73.2 Å². The average molecular weight is 430 g/mol. The van der Waals surface area contributed by atoms with Gasteiger partial charge in [0.25, 0.3) is 11.8 Å². The summed E-state index contributed by atoms with van der Waals surface area (Å²) in [6, 6.07) is 21.1. The molecule has 0 spiro atoms. The summed E-state index contributed by atoms with van der Waals surface area (Å²) in [6.07, 6.45) is 1.36. The molecule has 2 N–H and O–H groups in total. The van der Waals surface area contributed by atoms with Crippen molar-refractivity contribution in [2.75, 3.05) is 4.90 Å². The van der Waals surface area contributed by atoms with E-state index >= 15 is 0 Å². The Balaban J connectivity index is 1.62. The number of nitrogens with one attached hydrogen (secondary N) is 1. The first-order chi connectivity index (χ1) is 14.9. The summed E-state index contributed by atoms with van der Waals surface area (Å²) in [5.74, 6) is 0.0702. The molecule has 1 heterocycles. The van der Waals surface area contributed by atoms with Crippen molar-refractivity contribution in [3.8, 4) is 17.2 Å². The molecule has 3 aromatic carbocycles. The second kappa shape index (κ2) is 8.41. The number of amides is 2. The van der Waals surface area contributed by atoms with Crippen LogP contribution in [0, 0.1) is 6.92 Å². The van der Waals surface area contributed by atoms with Crippen molar-refractivity contribution in [3.05, 3.63) is 89.5 Å². The summed E-state index contributed by atoms with van der Waals surface area (Å²) in [4.78, 5) is 26.8. The molecule has 6 nitrogen and oxygen atoms in total. The number of anilines is 1. The number of para-hydroxylation sites is 1. The van der Waals surface area contributed by atoms with Crippen LogP contribution in [0.5, 0.6) is 17.2 Å². The maximum Gasteiger partial charge on any atom is 0.270 e. The van der Waals surface area contributed by atoms with Crippen LogP contribution in [-0.4, -0.2) is 22.0 Å². The molecule has 0 aromatic heterocycles. The van der Waals surface area contributed by atoms with E-state index in [1.807, 2.05) is 37.3 Å². The summed E-state index contributed by atoms with van der Waals surface area (Å²) in [7, 11) is 0. The molecule has 3 aromatic rings. The maximum atomic E-state index is 13.1. The third-order valence-electron chi connectivity index (χ3n) is 4.66. The number of nitrogens with zero attached hydrogens (tertiary/aromatic N) is 1. The topological polar surface area (TPSA) is 78.9 Å². The lowest BCUT2D eigenvalue weighted by atomic mass is 10.0. The molecule has 31 heavy (non-hydrogen) atoms. The van der Waals surface area contributed by atoms with Crippen molar-refractivity contribution in [1.29, 1.82) is 0 Å². The van der Waals surface area contributed by atoms with Gasteiger partial charge in [-0.25, -0.2) is 0 Å². The first-order valence-electron chi connectivity index (χ1n) is 9.46. The molecule has 0 radical (unpaired) electrons. The molecule has 0 unspecified atom stereocenters. The van der Waals surface area contributed by atoms with Crippen molar-refractivity contribution in [1.82, 2.24) is 5.32 Å². The van der Waals surface area contributed by atoms with Crippen LogP contribution in [0.4, 0.5) is 5.69 Å². The number of rotatable bonds is 4. The Bertz CT molecular complexity index is 1200. The Morgan fingerprint density at radius 2 is 1.65 bits per heavy atom. The lowest BCUT2D eigenvalue weighted by Gasteiger charge is -2.29. The number of hydrogen-bond acceptors (Lipinski definition) is 5. The Labute approximate surface area is 184 Å². The van der Waals surface area contributed by atoms with Crippen molar-refractivity contribution < 1.29 is 19.4 Å². The number of thiocarbonyl (C=S) groups is 1. The van der Waals surface area contributed by atoms with Crippen LogP contribution in [0.15, 0.2) is 78.4 Å². The number of hydrogen-bond donors (Lipinski definition) is 2. The standard InChI is InChI=1S/C24H18N2O4S/c1-15-7-8-16(21(27)13-15)14-20-22(28)25-24(31)26(23(20)29)17-9-11-19(12-10-17)30-18-5-3-2-4-6-18/h2-14,27H,1H3,(H,25,28,31). The zero-order chi connectivity index (χ0) is 22.0. The van der Waals surface area contributed by atoms with Crippen LogP contribution in [-0.2, 0) is 9.59 Å². The van der Waals surface area contributed by atoms with E-state index < -0.39 is 11.8 Å². The molecule has 1 aliphatic rings. The van der Waals surface area contributed by atoms with Crippen LogP contribution in [0.1, 0.15) is 11.1 Å². The highest BCUT2D eigenvalue weighted by Crippen LogP contribution is 2.28. The highest BCUT2D eigenvalue weighted by atomic mass is 32.1.